The lowest BCUT2D eigenvalue weighted by Gasteiger charge is -2.11. The summed E-state index contributed by atoms with van der Waals surface area (Å²) in [5.41, 5.74) is 0.828. The highest BCUT2D eigenvalue weighted by molar-refractivity contribution is 8.11. The van der Waals surface area contributed by atoms with Crippen molar-refractivity contribution in [2.45, 2.75) is 0 Å². The van der Waals surface area contributed by atoms with Gasteiger partial charge in [-0.05, 0) is 12.1 Å². The van der Waals surface area contributed by atoms with E-state index in [-0.39, 0.29) is 0 Å². The topological polar surface area (TPSA) is 3.24 Å². The molecule has 0 fully saturated rings. The molecule has 0 amide bonds. The van der Waals surface area contributed by atoms with Crippen LogP contribution in [0.25, 0.3) is 0 Å². The first-order valence-corrected chi connectivity index (χ1v) is 4.15. The highest BCUT2D eigenvalue weighted by atomic mass is 35.5. The maximum absolute atomic E-state index is 5.76. The minimum Gasteiger partial charge on any atom is -0.237 e. The van der Waals surface area contributed by atoms with E-state index >= 15 is 0 Å². The molecule has 0 spiro atoms. The Morgan fingerprint density at radius 3 is 2.36 bits per heavy atom. The minimum absolute atomic E-state index is 0.345. The Bertz CT molecular complexity index is 250. The van der Waals surface area contributed by atoms with Crippen molar-refractivity contribution in [1.29, 1.82) is 0 Å². The number of anilines is 1. The number of rotatable bonds is 1. The summed E-state index contributed by atoms with van der Waals surface area (Å²) in [4.78, 5) is 0. The lowest BCUT2D eigenvalue weighted by molar-refractivity contribution is 1.55. The lowest BCUT2D eigenvalue weighted by atomic mass is 10.3. The van der Waals surface area contributed by atoms with Gasteiger partial charge in [0.05, 0.1) is 5.69 Å². The van der Waals surface area contributed by atoms with Gasteiger partial charge in [-0.25, -0.2) is 4.42 Å². The lowest BCUT2D eigenvalue weighted by Crippen LogP contribution is -2.11. The van der Waals surface area contributed by atoms with Gasteiger partial charge in [-0.3, -0.25) is 0 Å². The van der Waals surface area contributed by atoms with E-state index in [1.807, 2.05) is 30.3 Å². The summed E-state index contributed by atoms with van der Waals surface area (Å²) in [7, 11) is 0. The van der Waals surface area contributed by atoms with Crippen molar-refractivity contribution in [3.8, 4) is 0 Å². The Hall–Kier alpha value is -0.250. The summed E-state index contributed by atoms with van der Waals surface area (Å²) in [5.74, 6) is 0. The van der Waals surface area contributed by atoms with Crippen molar-refractivity contribution in [3.63, 3.8) is 0 Å². The fraction of sp³-hybridized carbons (Fsp3) is 0. The molecule has 4 heteroatoms. The number of nitrogens with zero attached hydrogens (tertiary/aromatic N) is 1. The molecule has 0 aliphatic carbocycles. The summed E-state index contributed by atoms with van der Waals surface area (Å²) in [6.07, 6.45) is 0. The van der Waals surface area contributed by atoms with Crippen LogP contribution in [0.3, 0.4) is 0 Å². The van der Waals surface area contributed by atoms with E-state index in [2.05, 4.69) is 12.6 Å². The summed E-state index contributed by atoms with van der Waals surface area (Å²) >= 11 is 14.4. The number of thiocarbonyl (C=S) groups is 1. The summed E-state index contributed by atoms with van der Waals surface area (Å²) < 4.78 is 1.66. The van der Waals surface area contributed by atoms with E-state index in [4.69, 9.17) is 24.0 Å². The van der Waals surface area contributed by atoms with Gasteiger partial charge in [-0.15, -0.1) is 12.6 Å². The van der Waals surface area contributed by atoms with Gasteiger partial charge in [0.15, 0.2) is 4.32 Å². The summed E-state index contributed by atoms with van der Waals surface area (Å²) in [6, 6.07) is 9.40. The van der Waals surface area contributed by atoms with Crippen LogP contribution in [0.5, 0.6) is 0 Å². The third-order valence-electron chi connectivity index (χ3n) is 1.15. The van der Waals surface area contributed by atoms with Crippen LogP contribution in [-0.2, 0) is 0 Å². The molecule has 1 nitrogen and oxygen atoms in total. The number of benzene rings is 1. The minimum atomic E-state index is 0.345. The number of para-hydroxylation sites is 1. The summed E-state index contributed by atoms with van der Waals surface area (Å²) in [6.45, 7) is 0. The second kappa shape index (κ2) is 3.95. The van der Waals surface area contributed by atoms with E-state index in [0.29, 0.717) is 4.32 Å². The quantitative estimate of drug-likeness (QED) is 0.425. The second-order valence-corrected chi connectivity index (χ2v) is 3.35. The molecule has 0 radical (unpaired) electrons. The van der Waals surface area contributed by atoms with E-state index in [9.17, 15) is 0 Å². The largest absolute Gasteiger partial charge is 0.237 e. The molecule has 0 saturated carbocycles. The third-order valence-corrected chi connectivity index (χ3v) is 2.12. The van der Waals surface area contributed by atoms with Gasteiger partial charge < -0.3 is 0 Å². The summed E-state index contributed by atoms with van der Waals surface area (Å²) in [5, 5.41) is 0. The predicted molar refractivity (Wildman–Crippen MR) is 56.4 cm³/mol. The average molecular weight is 204 g/mol. The highest BCUT2D eigenvalue weighted by Crippen LogP contribution is 2.17. The van der Waals surface area contributed by atoms with Crippen LogP contribution < -0.4 is 4.42 Å². The van der Waals surface area contributed by atoms with Gasteiger partial charge in [0, 0.05) is 11.8 Å². The first-order chi connectivity index (χ1) is 5.22. The number of hydrogen-bond acceptors (Lipinski definition) is 1. The highest BCUT2D eigenvalue weighted by Gasteiger charge is 2.02. The van der Waals surface area contributed by atoms with Crippen molar-refractivity contribution in [3.05, 3.63) is 30.3 Å². The van der Waals surface area contributed by atoms with Gasteiger partial charge in [-0.2, -0.15) is 0 Å². The molecular formula is C7H6ClNS2. The smallest absolute Gasteiger partial charge is 0.152 e. The van der Waals surface area contributed by atoms with Crippen molar-refractivity contribution in [2.75, 3.05) is 4.42 Å². The Balaban J connectivity index is 2.85. The molecular weight excluding hydrogens is 198 g/mol. The zero-order valence-corrected chi connectivity index (χ0v) is 8.03. The van der Waals surface area contributed by atoms with E-state index in [1.54, 1.807) is 0 Å². The normalized spacial score (nSPS) is 9.27. The molecule has 1 aromatic carbocycles. The van der Waals surface area contributed by atoms with Crippen LogP contribution in [0.1, 0.15) is 0 Å². The van der Waals surface area contributed by atoms with Crippen LogP contribution in [0.4, 0.5) is 5.69 Å². The first-order valence-electron chi connectivity index (χ1n) is 2.95. The van der Waals surface area contributed by atoms with Crippen LogP contribution >= 0.6 is 36.6 Å². The van der Waals surface area contributed by atoms with Crippen LogP contribution in [0, 0.1) is 0 Å². The molecule has 0 unspecified atom stereocenters. The molecule has 0 heterocycles. The predicted octanol–water partition coefficient (Wildman–Crippen LogP) is 2.86. The van der Waals surface area contributed by atoms with Gasteiger partial charge in [0.25, 0.3) is 0 Å². The van der Waals surface area contributed by atoms with Gasteiger partial charge in [0.1, 0.15) is 0 Å². The molecule has 0 aromatic heterocycles. The molecule has 0 aliphatic rings. The fourth-order valence-corrected chi connectivity index (χ4v) is 1.00. The molecule has 1 rings (SSSR count). The monoisotopic (exact) mass is 203 g/mol. The van der Waals surface area contributed by atoms with E-state index in [1.165, 1.54) is 4.42 Å². The molecule has 0 saturated heterocycles. The van der Waals surface area contributed by atoms with Crippen molar-refractivity contribution >= 4 is 46.6 Å². The van der Waals surface area contributed by atoms with E-state index < -0.39 is 0 Å². The number of thiol groups is 1. The number of halogens is 1. The SMILES string of the molecule is S=C(S)N(Cl)c1ccccc1. The zero-order chi connectivity index (χ0) is 8.27. The van der Waals surface area contributed by atoms with Crippen molar-refractivity contribution in [1.82, 2.24) is 0 Å². The fourth-order valence-electron chi connectivity index (χ4n) is 0.669. The maximum atomic E-state index is 5.76. The Morgan fingerprint density at radius 1 is 1.36 bits per heavy atom. The van der Waals surface area contributed by atoms with Gasteiger partial charge >= 0.3 is 0 Å². The van der Waals surface area contributed by atoms with Crippen LogP contribution in [0.15, 0.2) is 30.3 Å². The molecule has 0 atom stereocenters. The number of hydrogen-bond donors (Lipinski definition) is 1. The Labute approximate surface area is 81.5 Å². The van der Waals surface area contributed by atoms with Crippen LogP contribution in [0.2, 0.25) is 0 Å². The van der Waals surface area contributed by atoms with Crippen LogP contribution in [-0.4, -0.2) is 4.32 Å². The third kappa shape index (κ3) is 2.36. The van der Waals surface area contributed by atoms with E-state index in [0.717, 1.165) is 5.69 Å². The molecule has 1 aromatic rings. The molecule has 11 heavy (non-hydrogen) atoms. The molecule has 0 N–H and O–H groups in total. The zero-order valence-electron chi connectivity index (χ0n) is 5.57. The van der Waals surface area contributed by atoms with Gasteiger partial charge in [-0.1, -0.05) is 30.4 Å². The van der Waals surface area contributed by atoms with Crippen molar-refractivity contribution in [2.24, 2.45) is 0 Å². The molecule has 0 bridgehead atoms. The van der Waals surface area contributed by atoms with Gasteiger partial charge in [0.2, 0.25) is 0 Å². The second-order valence-electron chi connectivity index (χ2n) is 1.90. The maximum Gasteiger partial charge on any atom is 0.152 e. The standard InChI is InChI=1S/C7H6ClNS2/c8-9(7(10)11)6-4-2-1-3-5-6/h1-5H,(H,10,11). The average Bonchev–Trinajstić information content (AvgIpc) is 2.05. The van der Waals surface area contributed by atoms with Crippen molar-refractivity contribution < 1.29 is 0 Å². The Kier molecular flexibility index (Phi) is 3.17. The molecule has 0 aliphatic heterocycles. The Morgan fingerprint density at radius 2 is 1.91 bits per heavy atom. The molecule has 58 valence electrons. The first kappa shape index (κ1) is 8.84.